The van der Waals surface area contributed by atoms with Gasteiger partial charge in [0.25, 0.3) is 0 Å². The Morgan fingerprint density at radius 3 is 2.71 bits per heavy atom. The van der Waals surface area contributed by atoms with Crippen molar-refractivity contribution in [1.82, 2.24) is 15.0 Å². The van der Waals surface area contributed by atoms with Gasteiger partial charge in [0.2, 0.25) is 17.2 Å². The van der Waals surface area contributed by atoms with Gasteiger partial charge in [-0.2, -0.15) is 15.0 Å². The van der Waals surface area contributed by atoms with Crippen LogP contribution in [0.15, 0.2) is 18.2 Å². The first-order valence-corrected chi connectivity index (χ1v) is 7.20. The van der Waals surface area contributed by atoms with Gasteiger partial charge in [0.1, 0.15) is 5.82 Å². The Hall–Kier alpha value is -1.95. The van der Waals surface area contributed by atoms with E-state index in [1.165, 1.54) is 6.07 Å². The molecule has 3 rings (SSSR count). The minimum Gasteiger partial charge on any atom is -0.341 e. The molecule has 0 radical (unpaired) electrons. The Balaban J connectivity index is 1.89. The van der Waals surface area contributed by atoms with Crippen molar-refractivity contribution in [3.63, 3.8) is 0 Å². The van der Waals surface area contributed by atoms with Crippen LogP contribution in [0.4, 0.5) is 22.0 Å². The standard InChI is InChI=1S/C14H15ClFN5/c1-9-10(16)5-4-6-11(9)17-13-18-12(15)19-14(20-13)21-7-2-3-8-21/h4-6H,2-3,7-8H2,1H3,(H,17,18,19,20). The van der Waals surface area contributed by atoms with Crippen LogP contribution >= 0.6 is 11.6 Å². The Bertz CT molecular complexity index is 658. The molecule has 5 nitrogen and oxygen atoms in total. The number of halogens is 2. The summed E-state index contributed by atoms with van der Waals surface area (Å²) in [6.07, 6.45) is 2.24. The second-order valence-corrected chi connectivity index (χ2v) is 5.30. The van der Waals surface area contributed by atoms with Crippen LogP contribution in [0.25, 0.3) is 0 Å². The third kappa shape index (κ3) is 3.05. The summed E-state index contributed by atoms with van der Waals surface area (Å²) in [6, 6.07) is 4.82. The van der Waals surface area contributed by atoms with Crippen LogP contribution in [-0.2, 0) is 0 Å². The minimum absolute atomic E-state index is 0.128. The highest BCUT2D eigenvalue weighted by molar-refractivity contribution is 6.28. The van der Waals surface area contributed by atoms with Gasteiger partial charge in [-0.15, -0.1) is 0 Å². The van der Waals surface area contributed by atoms with Crippen molar-refractivity contribution >= 4 is 29.2 Å². The van der Waals surface area contributed by atoms with E-state index in [0.717, 1.165) is 25.9 Å². The zero-order chi connectivity index (χ0) is 14.8. The summed E-state index contributed by atoms with van der Waals surface area (Å²) in [6.45, 7) is 3.53. The highest BCUT2D eigenvalue weighted by Crippen LogP contribution is 2.23. The number of nitrogens with zero attached hydrogens (tertiary/aromatic N) is 4. The van der Waals surface area contributed by atoms with E-state index in [4.69, 9.17) is 11.6 Å². The molecule has 1 aromatic heterocycles. The monoisotopic (exact) mass is 307 g/mol. The van der Waals surface area contributed by atoms with Crippen LogP contribution in [0.5, 0.6) is 0 Å². The van der Waals surface area contributed by atoms with Crippen LogP contribution in [0.2, 0.25) is 5.28 Å². The van der Waals surface area contributed by atoms with Crippen molar-refractivity contribution in [2.75, 3.05) is 23.3 Å². The average Bonchev–Trinajstić information content (AvgIpc) is 2.97. The molecule has 1 aliphatic heterocycles. The molecule has 1 N–H and O–H groups in total. The summed E-state index contributed by atoms with van der Waals surface area (Å²) in [4.78, 5) is 14.6. The van der Waals surface area contributed by atoms with Crippen LogP contribution < -0.4 is 10.2 Å². The van der Waals surface area contributed by atoms with Crippen LogP contribution in [0.1, 0.15) is 18.4 Å². The lowest BCUT2D eigenvalue weighted by Gasteiger charge is -2.16. The lowest BCUT2D eigenvalue weighted by molar-refractivity contribution is 0.619. The van der Waals surface area contributed by atoms with Gasteiger partial charge in [-0.05, 0) is 43.5 Å². The van der Waals surface area contributed by atoms with Gasteiger partial charge < -0.3 is 10.2 Å². The first-order valence-electron chi connectivity index (χ1n) is 6.82. The zero-order valence-electron chi connectivity index (χ0n) is 11.6. The number of benzene rings is 1. The van der Waals surface area contributed by atoms with Crippen molar-refractivity contribution in [2.45, 2.75) is 19.8 Å². The number of nitrogens with one attached hydrogen (secondary N) is 1. The lowest BCUT2D eigenvalue weighted by Crippen LogP contribution is -2.21. The smallest absolute Gasteiger partial charge is 0.233 e. The first kappa shape index (κ1) is 14.0. The maximum atomic E-state index is 13.6. The van der Waals surface area contributed by atoms with Crippen LogP contribution in [-0.4, -0.2) is 28.0 Å². The number of hydrogen-bond acceptors (Lipinski definition) is 5. The van der Waals surface area contributed by atoms with Crippen molar-refractivity contribution < 1.29 is 4.39 Å². The molecule has 0 atom stereocenters. The molecule has 0 unspecified atom stereocenters. The summed E-state index contributed by atoms with van der Waals surface area (Å²) < 4.78 is 13.6. The minimum atomic E-state index is -0.278. The van der Waals surface area contributed by atoms with Gasteiger partial charge in [-0.3, -0.25) is 0 Å². The largest absolute Gasteiger partial charge is 0.341 e. The topological polar surface area (TPSA) is 53.9 Å². The quantitative estimate of drug-likeness (QED) is 0.942. The number of anilines is 3. The SMILES string of the molecule is Cc1c(F)cccc1Nc1nc(Cl)nc(N2CCCC2)n1. The van der Waals surface area contributed by atoms with E-state index in [2.05, 4.69) is 25.2 Å². The maximum Gasteiger partial charge on any atom is 0.233 e. The molecular formula is C14H15ClFN5. The third-order valence-electron chi connectivity index (χ3n) is 3.50. The van der Waals surface area contributed by atoms with E-state index in [-0.39, 0.29) is 11.1 Å². The number of aromatic nitrogens is 3. The molecule has 1 saturated heterocycles. The van der Waals surface area contributed by atoms with Crippen molar-refractivity contribution in [2.24, 2.45) is 0 Å². The predicted molar refractivity (Wildman–Crippen MR) is 80.7 cm³/mol. The van der Waals surface area contributed by atoms with Crippen LogP contribution in [0.3, 0.4) is 0 Å². The summed E-state index contributed by atoms with van der Waals surface area (Å²) in [5.41, 5.74) is 1.13. The Morgan fingerprint density at radius 1 is 1.19 bits per heavy atom. The average molecular weight is 308 g/mol. The maximum absolute atomic E-state index is 13.6. The molecule has 0 amide bonds. The summed E-state index contributed by atoms with van der Waals surface area (Å²) in [5.74, 6) is 0.606. The van der Waals surface area contributed by atoms with Gasteiger partial charge in [0, 0.05) is 24.3 Å². The second kappa shape index (κ2) is 5.81. The molecule has 0 aliphatic carbocycles. The van der Waals surface area contributed by atoms with E-state index in [9.17, 15) is 4.39 Å². The Kier molecular flexibility index (Phi) is 3.88. The van der Waals surface area contributed by atoms with Gasteiger partial charge in [0.05, 0.1) is 0 Å². The molecular weight excluding hydrogens is 293 g/mol. The van der Waals surface area contributed by atoms with E-state index >= 15 is 0 Å². The fraction of sp³-hybridized carbons (Fsp3) is 0.357. The number of hydrogen-bond donors (Lipinski definition) is 1. The van der Waals surface area contributed by atoms with E-state index < -0.39 is 0 Å². The zero-order valence-corrected chi connectivity index (χ0v) is 12.4. The fourth-order valence-corrected chi connectivity index (χ4v) is 2.47. The molecule has 1 aliphatic rings. The molecule has 21 heavy (non-hydrogen) atoms. The highest BCUT2D eigenvalue weighted by atomic mass is 35.5. The Morgan fingerprint density at radius 2 is 1.95 bits per heavy atom. The van der Waals surface area contributed by atoms with E-state index in [1.54, 1.807) is 19.1 Å². The summed E-state index contributed by atoms with van der Waals surface area (Å²) >= 11 is 5.96. The molecule has 0 bridgehead atoms. The second-order valence-electron chi connectivity index (χ2n) is 4.96. The molecule has 2 aromatic rings. The predicted octanol–water partition coefficient (Wildman–Crippen LogP) is 3.32. The fourth-order valence-electron chi connectivity index (χ4n) is 2.32. The normalized spacial score (nSPS) is 14.5. The van der Waals surface area contributed by atoms with Crippen molar-refractivity contribution in [3.8, 4) is 0 Å². The molecule has 1 aromatic carbocycles. The van der Waals surface area contributed by atoms with E-state index in [1.807, 2.05) is 0 Å². The van der Waals surface area contributed by atoms with Gasteiger partial charge in [-0.25, -0.2) is 4.39 Å². The van der Waals surface area contributed by atoms with Crippen LogP contribution in [0, 0.1) is 12.7 Å². The van der Waals surface area contributed by atoms with Crippen molar-refractivity contribution in [1.29, 1.82) is 0 Å². The van der Waals surface area contributed by atoms with Gasteiger partial charge in [0.15, 0.2) is 0 Å². The lowest BCUT2D eigenvalue weighted by atomic mass is 10.2. The third-order valence-corrected chi connectivity index (χ3v) is 3.67. The van der Waals surface area contributed by atoms with Crippen molar-refractivity contribution in [3.05, 3.63) is 34.9 Å². The van der Waals surface area contributed by atoms with Gasteiger partial charge in [-0.1, -0.05) is 6.07 Å². The molecule has 0 saturated carbocycles. The molecule has 110 valence electrons. The molecule has 7 heteroatoms. The molecule has 1 fully saturated rings. The first-order chi connectivity index (χ1) is 10.1. The molecule has 2 heterocycles. The van der Waals surface area contributed by atoms with E-state index in [0.29, 0.717) is 23.1 Å². The summed E-state index contributed by atoms with van der Waals surface area (Å²) in [7, 11) is 0. The van der Waals surface area contributed by atoms with Gasteiger partial charge >= 0.3 is 0 Å². The molecule has 0 spiro atoms. The summed E-state index contributed by atoms with van der Waals surface area (Å²) in [5, 5.41) is 3.13. The highest BCUT2D eigenvalue weighted by Gasteiger charge is 2.17. The Labute approximate surface area is 127 Å². The number of rotatable bonds is 3.